The number of rotatable bonds is 8. The van der Waals surface area contributed by atoms with Crippen molar-refractivity contribution in [2.24, 2.45) is 0 Å². The van der Waals surface area contributed by atoms with Gasteiger partial charge in [0.05, 0.1) is 32.5 Å². The Balaban J connectivity index is 1.52. The molecular weight excluding hydrogens is 425 g/mol. The van der Waals surface area contributed by atoms with Crippen LogP contribution in [0.25, 0.3) is 10.9 Å². The van der Waals surface area contributed by atoms with Gasteiger partial charge in [0.25, 0.3) is 0 Å². The number of fused-ring (bicyclic) bond motifs is 1. The van der Waals surface area contributed by atoms with Crippen LogP contribution >= 0.6 is 0 Å². The predicted octanol–water partition coefficient (Wildman–Crippen LogP) is 3.77. The lowest BCUT2D eigenvalue weighted by molar-refractivity contribution is -0.117. The van der Waals surface area contributed by atoms with Crippen LogP contribution in [-0.2, 0) is 28.9 Å². The highest BCUT2D eigenvalue weighted by atomic mass is 19.1. The number of carbonyl (C=O) groups is 2. The van der Waals surface area contributed by atoms with Crippen molar-refractivity contribution in [1.82, 2.24) is 14.8 Å². The molecule has 2 aromatic heterocycles. The molecule has 0 aliphatic heterocycles. The van der Waals surface area contributed by atoms with Crippen molar-refractivity contribution < 1.29 is 23.5 Å². The van der Waals surface area contributed by atoms with Crippen molar-refractivity contribution >= 4 is 22.7 Å². The molecular formula is C25H22FN3O4. The summed E-state index contributed by atoms with van der Waals surface area (Å²) in [5.41, 5.74) is 2.79. The SMILES string of the molecule is COC(=O)c1cc(CC(=O)Cc2cc3c(cnn3Cc3ccc(OC)cc3)cc2F)ccn1. The Morgan fingerprint density at radius 3 is 2.52 bits per heavy atom. The Morgan fingerprint density at radius 2 is 1.79 bits per heavy atom. The average molecular weight is 447 g/mol. The van der Waals surface area contributed by atoms with Crippen LogP contribution in [0.5, 0.6) is 5.75 Å². The van der Waals surface area contributed by atoms with Crippen molar-refractivity contribution in [1.29, 1.82) is 0 Å². The zero-order chi connectivity index (χ0) is 23.4. The quantitative estimate of drug-likeness (QED) is 0.383. The van der Waals surface area contributed by atoms with E-state index in [2.05, 4.69) is 14.8 Å². The molecule has 0 aliphatic carbocycles. The first kappa shape index (κ1) is 22.1. The van der Waals surface area contributed by atoms with Crippen LogP contribution in [-0.4, -0.2) is 40.7 Å². The van der Waals surface area contributed by atoms with Crippen LogP contribution in [0.1, 0.15) is 27.2 Å². The minimum absolute atomic E-state index is 0.0507. The van der Waals surface area contributed by atoms with Gasteiger partial charge in [0, 0.05) is 24.4 Å². The van der Waals surface area contributed by atoms with Gasteiger partial charge in [-0.1, -0.05) is 12.1 Å². The number of hydrogen-bond acceptors (Lipinski definition) is 6. The Kier molecular flexibility index (Phi) is 6.44. The number of aromatic nitrogens is 3. The molecule has 0 saturated carbocycles. The Hall–Kier alpha value is -4.07. The standard InChI is InChI=1S/C25H22FN3O4/c1-32-21-5-3-16(4-6-21)15-29-24-13-18(22(26)12-19(24)14-28-29)11-20(30)9-17-7-8-27-23(10-17)25(31)33-2/h3-8,10,12-14H,9,11,15H2,1-2H3. The van der Waals surface area contributed by atoms with Crippen LogP contribution in [0.4, 0.5) is 4.39 Å². The highest BCUT2D eigenvalue weighted by Crippen LogP contribution is 2.22. The normalized spacial score (nSPS) is 10.9. The third-order valence-electron chi connectivity index (χ3n) is 5.31. The molecule has 0 aliphatic rings. The van der Waals surface area contributed by atoms with Crippen molar-refractivity contribution in [3.05, 3.63) is 89.1 Å². The highest BCUT2D eigenvalue weighted by molar-refractivity contribution is 5.89. The lowest BCUT2D eigenvalue weighted by Crippen LogP contribution is -2.10. The summed E-state index contributed by atoms with van der Waals surface area (Å²) < 4.78 is 26.3. The fourth-order valence-electron chi connectivity index (χ4n) is 3.61. The number of carbonyl (C=O) groups excluding carboxylic acids is 2. The second-order valence-electron chi connectivity index (χ2n) is 7.59. The maximum Gasteiger partial charge on any atom is 0.356 e. The number of nitrogens with zero attached hydrogens (tertiary/aromatic N) is 3. The zero-order valence-electron chi connectivity index (χ0n) is 18.2. The van der Waals surface area contributed by atoms with Gasteiger partial charge in [-0.05, 0) is 53.1 Å². The largest absolute Gasteiger partial charge is 0.497 e. The molecule has 168 valence electrons. The number of halogens is 1. The predicted molar refractivity (Wildman–Crippen MR) is 120 cm³/mol. The molecule has 4 rings (SSSR count). The number of benzene rings is 2. The van der Waals surface area contributed by atoms with Gasteiger partial charge in [-0.3, -0.25) is 9.48 Å². The minimum atomic E-state index is -0.578. The molecule has 33 heavy (non-hydrogen) atoms. The number of Topliss-reactive ketones (excluding diaryl/α,β-unsaturated/α-hetero) is 1. The van der Waals surface area contributed by atoms with Crippen molar-refractivity contribution in [3.63, 3.8) is 0 Å². The number of esters is 1. The third-order valence-corrected chi connectivity index (χ3v) is 5.31. The van der Waals surface area contributed by atoms with Gasteiger partial charge in [0.2, 0.25) is 0 Å². The molecule has 4 aromatic rings. The smallest absolute Gasteiger partial charge is 0.356 e. The number of ether oxygens (including phenoxy) is 2. The lowest BCUT2D eigenvalue weighted by Gasteiger charge is -2.08. The summed E-state index contributed by atoms with van der Waals surface area (Å²) in [6.45, 7) is 0.500. The maximum absolute atomic E-state index is 14.7. The zero-order valence-corrected chi connectivity index (χ0v) is 18.2. The monoisotopic (exact) mass is 447 g/mol. The van der Waals surface area contributed by atoms with E-state index >= 15 is 0 Å². The van der Waals surface area contributed by atoms with Crippen molar-refractivity contribution in [2.45, 2.75) is 19.4 Å². The van der Waals surface area contributed by atoms with Gasteiger partial charge in [0.1, 0.15) is 23.0 Å². The Morgan fingerprint density at radius 1 is 1.00 bits per heavy atom. The summed E-state index contributed by atoms with van der Waals surface area (Å²) in [7, 11) is 2.88. The molecule has 2 heterocycles. The van der Waals surface area contributed by atoms with E-state index in [1.54, 1.807) is 30.1 Å². The van der Waals surface area contributed by atoms with Crippen LogP contribution in [0.15, 0.2) is 60.9 Å². The fraction of sp³-hybridized carbons (Fsp3) is 0.200. The molecule has 8 heteroatoms. The van der Waals surface area contributed by atoms with Crippen LogP contribution in [0, 0.1) is 5.82 Å². The first-order valence-corrected chi connectivity index (χ1v) is 10.3. The molecule has 0 fully saturated rings. The van der Waals surface area contributed by atoms with E-state index in [4.69, 9.17) is 4.74 Å². The van der Waals surface area contributed by atoms with E-state index in [-0.39, 0.29) is 24.3 Å². The van der Waals surface area contributed by atoms with Crippen molar-refractivity contribution in [3.8, 4) is 5.75 Å². The first-order chi connectivity index (χ1) is 16.0. The van der Waals surface area contributed by atoms with Gasteiger partial charge in [0.15, 0.2) is 0 Å². The number of ketones is 1. The van der Waals surface area contributed by atoms with Gasteiger partial charge in [-0.15, -0.1) is 0 Å². The molecule has 0 N–H and O–H groups in total. The van der Waals surface area contributed by atoms with Gasteiger partial charge >= 0.3 is 5.97 Å². The summed E-state index contributed by atoms with van der Waals surface area (Å²) in [5, 5.41) is 5.04. The molecule has 2 aromatic carbocycles. The van der Waals surface area contributed by atoms with Gasteiger partial charge in [-0.25, -0.2) is 14.2 Å². The van der Waals surface area contributed by atoms with E-state index in [1.165, 1.54) is 25.4 Å². The topological polar surface area (TPSA) is 83.3 Å². The summed E-state index contributed by atoms with van der Waals surface area (Å²) >= 11 is 0. The van der Waals surface area contributed by atoms with Gasteiger partial charge < -0.3 is 9.47 Å². The van der Waals surface area contributed by atoms with Crippen LogP contribution in [0.3, 0.4) is 0 Å². The molecule has 0 spiro atoms. The lowest BCUT2D eigenvalue weighted by atomic mass is 10.0. The van der Waals surface area contributed by atoms with E-state index in [0.29, 0.717) is 23.1 Å². The Labute approximate surface area is 189 Å². The molecule has 0 bridgehead atoms. The van der Waals surface area contributed by atoms with E-state index < -0.39 is 11.8 Å². The molecule has 0 saturated heterocycles. The van der Waals surface area contributed by atoms with E-state index in [9.17, 15) is 14.0 Å². The summed E-state index contributed by atoms with van der Waals surface area (Å²) in [5.74, 6) is -0.452. The molecule has 7 nitrogen and oxygen atoms in total. The molecule has 0 unspecified atom stereocenters. The maximum atomic E-state index is 14.7. The van der Waals surface area contributed by atoms with Gasteiger partial charge in [-0.2, -0.15) is 5.10 Å². The number of pyridine rings is 1. The minimum Gasteiger partial charge on any atom is -0.497 e. The van der Waals surface area contributed by atoms with E-state index in [1.807, 2.05) is 24.3 Å². The fourth-order valence-corrected chi connectivity index (χ4v) is 3.61. The second kappa shape index (κ2) is 9.60. The number of hydrogen-bond donors (Lipinski definition) is 0. The summed E-state index contributed by atoms with van der Waals surface area (Å²) in [6, 6.07) is 13.9. The number of methoxy groups -OCH3 is 2. The molecule has 0 atom stereocenters. The Bertz CT molecular complexity index is 1320. The summed E-state index contributed by atoms with van der Waals surface area (Å²) in [4.78, 5) is 28.2. The second-order valence-corrected chi connectivity index (χ2v) is 7.59. The van der Waals surface area contributed by atoms with E-state index in [0.717, 1.165) is 16.8 Å². The summed E-state index contributed by atoms with van der Waals surface area (Å²) in [6.07, 6.45) is 3.03. The average Bonchev–Trinajstić information content (AvgIpc) is 3.20. The highest BCUT2D eigenvalue weighted by Gasteiger charge is 2.15. The third kappa shape index (κ3) is 5.06. The van der Waals surface area contributed by atoms with Crippen LogP contribution in [0.2, 0.25) is 0 Å². The molecule has 0 amide bonds. The molecule has 0 radical (unpaired) electrons. The van der Waals surface area contributed by atoms with Crippen LogP contribution < -0.4 is 4.74 Å². The van der Waals surface area contributed by atoms with Crippen molar-refractivity contribution in [2.75, 3.05) is 14.2 Å². The first-order valence-electron chi connectivity index (χ1n) is 10.3.